The molecule has 0 amide bonds. The summed E-state index contributed by atoms with van der Waals surface area (Å²) in [7, 11) is 0. The molecule has 1 fully saturated rings. The number of carbonyl (C=O) groups is 1. The van der Waals surface area contributed by atoms with Crippen LogP contribution in [-0.4, -0.2) is 24.8 Å². The van der Waals surface area contributed by atoms with Crippen molar-refractivity contribution in [3.05, 3.63) is 12.7 Å². The summed E-state index contributed by atoms with van der Waals surface area (Å²) in [5, 5.41) is 0. The normalized spacial score (nSPS) is 17.1. The van der Waals surface area contributed by atoms with Crippen LogP contribution in [0.4, 0.5) is 0 Å². The van der Waals surface area contributed by atoms with Gasteiger partial charge in [0, 0.05) is 6.61 Å². The quantitative estimate of drug-likeness (QED) is 0.352. The van der Waals surface area contributed by atoms with Gasteiger partial charge in [-0.05, 0) is 39.0 Å². The van der Waals surface area contributed by atoms with Gasteiger partial charge >= 0.3 is 5.97 Å². The van der Waals surface area contributed by atoms with Crippen molar-refractivity contribution in [2.45, 2.75) is 44.6 Å². The van der Waals surface area contributed by atoms with Gasteiger partial charge in [0.05, 0.1) is 6.61 Å². The zero-order chi connectivity index (χ0) is 11.1. The molecule has 0 aliphatic heterocycles. The van der Waals surface area contributed by atoms with Crippen molar-refractivity contribution in [3.8, 4) is 0 Å². The van der Waals surface area contributed by atoms with Crippen LogP contribution in [0.25, 0.3) is 0 Å². The Hall–Kier alpha value is -0.830. The molecular formula is C12H20O3. The van der Waals surface area contributed by atoms with Gasteiger partial charge in [0.15, 0.2) is 5.60 Å². The summed E-state index contributed by atoms with van der Waals surface area (Å²) in [6.07, 6.45) is 6.59. The SMILES string of the molecule is C=CCCCCOC1(C(=O)OCC)CC1. The van der Waals surface area contributed by atoms with E-state index in [0.29, 0.717) is 13.2 Å². The van der Waals surface area contributed by atoms with Gasteiger partial charge in [-0.3, -0.25) is 0 Å². The largest absolute Gasteiger partial charge is 0.464 e. The molecule has 0 aromatic heterocycles. The van der Waals surface area contributed by atoms with Crippen LogP contribution in [0, 0.1) is 0 Å². The Morgan fingerprint density at radius 2 is 2.20 bits per heavy atom. The van der Waals surface area contributed by atoms with E-state index in [9.17, 15) is 4.79 Å². The third kappa shape index (κ3) is 3.67. The molecular weight excluding hydrogens is 192 g/mol. The van der Waals surface area contributed by atoms with Gasteiger partial charge in [-0.15, -0.1) is 6.58 Å². The van der Waals surface area contributed by atoms with Gasteiger partial charge in [-0.1, -0.05) is 6.08 Å². The highest BCUT2D eigenvalue weighted by Gasteiger charge is 2.52. The van der Waals surface area contributed by atoms with Gasteiger partial charge in [-0.2, -0.15) is 0 Å². The maximum atomic E-state index is 11.5. The Bertz CT molecular complexity index is 219. The summed E-state index contributed by atoms with van der Waals surface area (Å²) in [5.74, 6) is -0.186. The summed E-state index contributed by atoms with van der Waals surface area (Å²) < 4.78 is 10.6. The standard InChI is InChI=1S/C12H20O3/c1-3-5-6-7-10-15-12(8-9-12)11(13)14-4-2/h3H,1,4-10H2,2H3. The first-order valence-corrected chi connectivity index (χ1v) is 5.67. The average Bonchev–Trinajstić information content (AvgIpc) is 2.99. The first-order chi connectivity index (χ1) is 7.25. The molecule has 1 aliphatic carbocycles. The second-order valence-electron chi connectivity index (χ2n) is 3.85. The Morgan fingerprint density at radius 3 is 2.73 bits per heavy atom. The summed E-state index contributed by atoms with van der Waals surface area (Å²) in [4.78, 5) is 11.5. The Morgan fingerprint density at radius 1 is 1.47 bits per heavy atom. The predicted octanol–water partition coefficient (Wildman–Crippen LogP) is 2.46. The number of carbonyl (C=O) groups excluding carboxylic acids is 1. The summed E-state index contributed by atoms with van der Waals surface area (Å²) >= 11 is 0. The lowest BCUT2D eigenvalue weighted by Gasteiger charge is -2.14. The van der Waals surface area contributed by atoms with Gasteiger partial charge < -0.3 is 9.47 Å². The van der Waals surface area contributed by atoms with Crippen LogP contribution in [0.2, 0.25) is 0 Å². The molecule has 1 saturated carbocycles. The zero-order valence-corrected chi connectivity index (χ0v) is 9.46. The molecule has 86 valence electrons. The highest BCUT2D eigenvalue weighted by molar-refractivity contribution is 5.82. The smallest absolute Gasteiger partial charge is 0.338 e. The zero-order valence-electron chi connectivity index (χ0n) is 9.46. The third-order valence-corrected chi connectivity index (χ3v) is 2.53. The summed E-state index contributed by atoms with van der Waals surface area (Å²) in [6.45, 7) is 6.55. The topological polar surface area (TPSA) is 35.5 Å². The van der Waals surface area contributed by atoms with Crippen LogP contribution < -0.4 is 0 Å². The maximum Gasteiger partial charge on any atom is 0.338 e. The lowest BCUT2D eigenvalue weighted by Crippen LogP contribution is -2.29. The van der Waals surface area contributed by atoms with Crippen molar-refractivity contribution in [1.29, 1.82) is 0 Å². The first kappa shape index (κ1) is 12.2. The highest BCUT2D eigenvalue weighted by atomic mass is 16.6. The summed E-state index contributed by atoms with van der Waals surface area (Å²) in [5.41, 5.74) is -0.579. The minimum Gasteiger partial charge on any atom is -0.464 e. The van der Waals surface area contributed by atoms with Crippen LogP contribution >= 0.6 is 0 Å². The Balaban J connectivity index is 2.14. The molecule has 1 aliphatic rings. The maximum absolute atomic E-state index is 11.5. The van der Waals surface area contributed by atoms with Crippen molar-refractivity contribution < 1.29 is 14.3 Å². The van der Waals surface area contributed by atoms with Gasteiger partial charge in [0.1, 0.15) is 0 Å². The molecule has 0 aromatic carbocycles. The van der Waals surface area contributed by atoms with Crippen molar-refractivity contribution in [2.24, 2.45) is 0 Å². The molecule has 0 aromatic rings. The molecule has 0 atom stereocenters. The predicted molar refractivity (Wildman–Crippen MR) is 58.6 cm³/mol. The van der Waals surface area contributed by atoms with E-state index in [-0.39, 0.29) is 5.97 Å². The Labute approximate surface area is 91.4 Å². The van der Waals surface area contributed by atoms with Crippen molar-refractivity contribution in [3.63, 3.8) is 0 Å². The number of allylic oxidation sites excluding steroid dienone is 1. The van der Waals surface area contributed by atoms with E-state index in [4.69, 9.17) is 9.47 Å². The van der Waals surface area contributed by atoms with Crippen LogP contribution in [0.3, 0.4) is 0 Å². The second kappa shape index (κ2) is 5.91. The molecule has 0 radical (unpaired) electrons. The van der Waals surface area contributed by atoms with E-state index in [2.05, 4.69) is 6.58 Å². The second-order valence-corrected chi connectivity index (χ2v) is 3.85. The number of esters is 1. The lowest BCUT2D eigenvalue weighted by atomic mass is 10.2. The van der Waals surface area contributed by atoms with Gasteiger partial charge in [0.25, 0.3) is 0 Å². The van der Waals surface area contributed by atoms with Crippen LogP contribution in [0.15, 0.2) is 12.7 Å². The molecule has 0 N–H and O–H groups in total. The third-order valence-electron chi connectivity index (χ3n) is 2.53. The molecule has 0 unspecified atom stereocenters. The number of rotatable bonds is 8. The molecule has 0 spiro atoms. The van der Waals surface area contributed by atoms with Crippen molar-refractivity contribution in [2.75, 3.05) is 13.2 Å². The number of unbranched alkanes of at least 4 members (excludes halogenated alkanes) is 2. The molecule has 1 rings (SSSR count). The molecule has 3 nitrogen and oxygen atoms in total. The van der Waals surface area contributed by atoms with E-state index in [1.165, 1.54) is 0 Å². The van der Waals surface area contributed by atoms with E-state index in [0.717, 1.165) is 32.1 Å². The van der Waals surface area contributed by atoms with Crippen LogP contribution in [0.5, 0.6) is 0 Å². The Kier molecular flexibility index (Phi) is 4.82. The fraction of sp³-hybridized carbons (Fsp3) is 0.750. The van der Waals surface area contributed by atoms with Crippen LogP contribution in [-0.2, 0) is 14.3 Å². The minimum atomic E-state index is -0.579. The van der Waals surface area contributed by atoms with Gasteiger partial charge in [0.2, 0.25) is 0 Å². The fourth-order valence-corrected chi connectivity index (χ4v) is 1.44. The summed E-state index contributed by atoms with van der Waals surface area (Å²) in [6, 6.07) is 0. The van der Waals surface area contributed by atoms with E-state index in [1.54, 1.807) is 0 Å². The number of hydrogen-bond acceptors (Lipinski definition) is 3. The van der Waals surface area contributed by atoms with Crippen molar-refractivity contribution in [1.82, 2.24) is 0 Å². The number of ether oxygens (including phenoxy) is 2. The van der Waals surface area contributed by atoms with E-state index < -0.39 is 5.60 Å². The minimum absolute atomic E-state index is 0.186. The van der Waals surface area contributed by atoms with E-state index >= 15 is 0 Å². The highest BCUT2D eigenvalue weighted by Crippen LogP contribution is 2.40. The average molecular weight is 212 g/mol. The first-order valence-electron chi connectivity index (χ1n) is 5.67. The molecule has 0 bridgehead atoms. The van der Waals surface area contributed by atoms with E-state index in [1.807, 2.05) is 13.0 Å². The molecule has 15 heavy (non-hydrogen) atoms. The lowest BCUT2D eigenvalue weighted by molar-refractivity contribution is -0.160. The van der Waals surface area contributed by atoms with Crippen LogP contribution in [0.1, 0.15) is 39.0 Å². The van der Waals surface area contributed by atoms with Crippen molar-refractivity contribution >= 4 is 5.97 Å². The molecule has 0 heterocycles. The fourth-order valence-electron chi connectivity index (χ4n) is 1.44. The van der Waals surface area contributed by atoms with Gasteiger partial charge in [-0.25, -0.2) is 4.79 Å². The molecule has 3 heteroatoms. The molecule has 0 saturated heterocycles. The monoisotopic (exact) mass is 212 g/mol. The number of hydrogen-bond donors (Lipinski definition) is 0.